The second kappa shape index (κ2) is 6.73. The third-order valence-electron chi connectivity index (χ3n) is 2.68. The van der Waals surface area contributed by atoms with Gasteiger partial charge in [-0.25, -0.2) is 4.98 Å². The lowest BCUT2D eigenvalue weighted by Gasteiger charge is -2.05. The molecule has 4 heteroatoms. The lowest BCUT2D eigenvalue weighted by molar-refractivity contribution is -0.116. The molecule has 2 nitrogen and oxygen atoms in total. The largest absolute Gasteiger partial charge is 0.298 e. The zero-order chi connectivity index (χ0) is 13.7. The normalized spacial score (nSPS) is 10.4. The Morgan fingerprint density at radius 2 is 2.05 bits per heavy atom. The summed E-state index contributed by atoms with van der Waals surface area (Å²) in [6, 6.07) is 11.3. The first-order valence-electron chi connectivity index (χ1n) is 5.96. The Morgan fingerprint density at radius 1 is 1.26 bits per heavy atom. The molecule has 0 atom stereocenters. The van der Waals surface area contributed by atoms with Crippen LogP contribution in [0.1, 0.15) is 11.1 Å². The van der Waals surface area contributed by atoms with Crippen molar-refractivity contribution in [3.8, 4) is 0 Å². The van der Waals surface area contributed by atoms with E-state index in [1.165, 1.54) is 11.8 Å². The summed E-state index contributed by atoms with van der Waals surface area (Å²) in [5.74, 6) is 0.575. The van der Waals surface area contributed by atoms with E-state index in [-0.39, 0.29) is 5.78 Å². The van der Waals surface area contributed by atoms with Crippen LogP contribution in [0.25, 0.3) is 0 Å². The first-order valence-corrected chi connectivity index (χ1v) is 7.32. The molecule has 0 N–H and O–H groups in total. The number of rotatable bonds is 5. The van der Waals surface area contributed by atoms with Crippen LogP contribution in [0.4, 0.5) is 0 Å². The van der Waals surface area contributed by atoms with Gasteiger partial charge in [0, 0.05) is 17.6 Å². The number of aromatic nitrogens is 1. The molecule has 0 saturated carbocycles. The first-order chi connectivity index (χ1) is 9.16. The van der Waals surface area contributed by atoms with Crippen LogP contribution in [0.2, 0.25) is 5.02 Å². The molecule has 1 aromatic heterocycles. The summed E-state index contributed by atoms with van der Waals surface area (Å²) < 4.78 is 0. The summed E-state index contributed by atoms with van der Waals surface area (Å²) in [6.07, 6.45) is 2.12. The molecule has 1 aromatic carbocycles. The molecular weight excluding hydrogens is 278 g/mol. The number of nitrogens with zero attached hydrogens (tertiary/aromatic N) is 1. The Hall–Kier alpha value is -1.32. The van der Waals surface area contributed by atoms with Crippen molar-refractivity contribution >= 4 is 29.1 Å². The van der Waals surface area contributed by atoms with Crippen LogP contribution in [0.15, 0.2) is 47.6 Å². The van der Waals surface area contributed by atoms with Crippen molar-refractivity contribution in [2.45, 2.75) is 18.4 Å². The van der Waals surface area contributed by atoms with E-state index < -0.39 is 0 Å². The molecule has 0 aliphatic rings. The van der Waals surface area contributed by atoms with Crippen LogP contribution >= 0.6 is 23.4 Å². The fourth-order valence-corrected chi connectivity index (χ4v) is 2.71. The van der Waals surface area contributed by atoms with Gasteiger partial charge in [-0.2, -0.15) is 0 Å². The fourth-order valence-electron chi connectivity index (χ4n) is 1.68. The van der Waals surface area contributed by atoms with E-state index in [1.807, 2.05) is 37.3 Å². The van der Waals surface area contributed by atoms with E-state index in [0.29, 0.717) is 17.2 Å². The number of Topliss-reactive ketones (excluding diaryl/α,β-unsaturated/α-hetero) is 1. The van der Waals surface area contributed by atoms with Gasteiger partial charge in [0.25, 0.3) is 0 Å². The first kappa shape index (κ1) is 14.1. The Labute approximate surface area is 122 Å². The Morgan fingerprint density at radius 3 is 2.79 bits per heavy atom. The highest BCUT2D eigenvalue weighted by molar-refractivity contribution is 7.99. The molecule has 0 amide bonds. The van der Waals surface area contributed by atoms with E-state index in [9.17, 15) is 4.79 Å². The van der Waals surface area contributed by atoms with Gasteiger partial charge in [-0.15, -0.1) is 0 Å². The minimum Gasteiger partial charge on any atom is -0.298 e. The van der Waals surface area contributed by atoms with Crippen LogP contribution in [-0.4, -0.2) is 16.5 Å². The summed E-state index contributed by atoms with van der Waals surface area (Å²) >= 11 is 7.52. The molecule has 1 heterocycles. The third kappa shape index (κ3) is 4.08. The third-order valence-corrected chi connectivity index (χ3v) is 4.21. The average molecular weight is 292 g/mol. The maximum absolute atomic E-state index is 11.9. The number of carbonyl (C=O) groups is 1. The minimum absolute atomic E-state index is 0.156. The lowest BCUT2D eigenvalue weighted by Crippen LogP contribution is -2.06. The van der Waals surface area contributed by atoms with Crippen LogP contribution in [0, 0.1) is 6.92 Å². The van der Waals surface area contributed by atoms with Gasteiger partial charge in [0.2, 0.25) is 0 Å². The van der Waals surface area contributed by atoms with E-state index in [4.69, 9.17) is 11.6 Å². The zero-order valence-electron chi connectivity index (χ0n) is 10.6. The van der Waals surface area contributed by atoms with Crippen molar-refractivity contribution in [1.82, 2.24) is 4.98 Å². The minimum atomic E-state index is 0.156. The predicted molar refractivity (Wildman–Crippen MR) is 79.9 cm³/mol. The summed E-state index contributed by atoms with van der Waals surface area (Å²) in [5.41, 5.74) is 1.98. The molecule has 98 valence electrons. The number of aryl methyl sites for hydroxylation is 1. The summed E-state index contributed by atoms with van der Waals surface area (Å²) in [5, 5.41) is 1.56. The van der Waals surface area contributed by atoms with Gasteiger partial charge in [0.15, 0.2) is 0 Å². The van der Waals surface area contributed by atoms with E-state index in [0.717, 1.165) is 16.2 Å². The molecule has 0 bridgehead atoms. The molecular formula is C15H14ClNOS. The van der Waals surface area contributed by atoms with Crippen molar-refractivity contribution in [2.75, 3.05) is 5.75 Å². The van der Waals surface area contributed by atoms with Crippen LogP contribution < -0.4 is 0 Å². The summed E-state index contributed by atoms with van der Waals surface area (Å²) in [6.45, 7) is 1.99. The number of ketones is 1. The highest BCUT2D eigenvalue weighted by Gasteiger charge is 2.08. The van der Waals surface area contributed by atoms with Gasteiger partial charge < -0.3 is 0 Å². The number of benzene rings is 1. The smallest absolute Gasteiger partial charge is 0.147 e. The van der Waals surface area contributed by atoms with Crippen molar-refractivity contribution in [1.29, 1.82) is 0 Å². The molecule has 2 aromatic rings. The molecule has 0 spiro atoms. The van der Waals surface area contributed by atoms with E-state index in [1.54, 1.807) is 12.3 Å². The number of hydrogen-bond acceptors (Lipinski definition) is 3. The van der Waals surface area contributed by atoms with Gasteiger partial charge in [0.1, 0.15) is 5.78 Å². The molecule has 0 saturated heterocycles. The van der Waals surface area contributed by atoms with Crippen molar-refractivity contribution in [3.05, 3.63) is 58.7 Å². The second-order valence-electron chi connectivity index (χ2n) is 4.22. The van der Waals surface area contributed by atoms with Gasteiger partial charge in [-0.05, 0) is 30.2 Å². The molecule has 0 unspecified atom stereocenters. The number of halogens is 1. The highest BCUT2D eigenvalue weighted by Crippen LogP contribution is 2.21. The molecule has 0 aliphatic heterocycles. The quantitative estimate of drug-likeness (QED) is 0.781. The van der Waals surface area contributed by atoms with Gasteiger partial charge in [0.05, 0.1) is 10.8 Å². The molecule has 0 radical (unpaired) electrons. The average Bonchev–Trinajstić information content (AvgIpc) is 2.40. The van der Waals surface area contributed by atoms with Gasteiger partial charge in [-0.1, -0.05) is 47.6 Å². The highest BCUT2D eigenvalue weighted by atomic mass is 35.5. The monoisotopic (exact) mass is 291 g/mol. The zero-order valence-corrected chi connectivity index (χ0v) is 12.2. The van der Waals surface area contributed by atoms with Gasteiger partial charge in [-0.3, -0.25) is 4.79 Å². The Kier molecular flexibility index (Phi) is 5.00. The van der Waals surface area contributed by atoms with Crippen molar-refractivity contribution in [3.63, 3.8) is 0 Å². The number of thioether (sulfide) groups is 1. The standard InChI is InChI=1S/C15H14ClNOS/c1-11-5-4-8-17-15(11)19-10-13(18)9-12-6-2-3-7-14(12)16/h2-8H,9-10H2,1H3. The van der Waals surface area contributed by atoms with Crippen LogP contribution in [-0.2, 0) is 11.2 Å². The number of hydrogen-bond donors (Lipinski definition) is 0. The summed E-state index contributed by atoms with van der Waals surface area (Å²) in [7, 11) is 0. The predicted octanol–water partition coefficient (Wildman–Crippen LogP) is 3.95. The van der Waals surface area contributed by atoms with E-state index >= 15 is 0 Å². The molecule has 19 heavy (non-hydrogen) atoms. The molecule has 0 aliphatic carbocycles. The molecule has 0 fully saturated rings. The SMILES string of the molecule is Cc1cccnc1SCC(=O)Cc1ccccc1Cl. The van der Waals surface area contributed by atoms with Crippen molar-refractivity contribution < 1.29 is 4.79 Å². The van der Waals surface area contributed by atoms with E-state index in [2.05, 4.69) is 4.98 Å². The Bertz CT molecular complexity index is 586. The summed E-state index contributed by atoms with van der Waals surface area (Å²) in [4.78, 5) is 16.2. The second-order valence-corrected chi connectivity index (χ2v) is 5.59. The lowest BCUT2D eigenvalue weighted by atomic mass is 10.1. The van der Waals surface area contributed by atoms with Gasteiger partial charge >= 0.3 is 0 Å². The fraction of sp³-hybridized carbons (Fsp3) is 0.200. The maximum Gasteiger partial charge on any atom is 0.147 e. The maximum atomic E-state index is 11.9. The van der Waals surface area contributed by atoms with Crippen molar-refractivity contribution in [2.24, 2.45) is 0 Å². The molecule has 2 rings (SSSR count). The topological polar surface area (TPSA) is 30.0 Å². The number of pyridine rings is 1. The Balaban J connectivity index is 1.92. The van der Waals surface area contributed by atoms with Crippen LogP contribution in [0.3, 0.4) is 0 Å². The van der Waals surface area contributed by atoms with Crippen LogP contribution in [0.5, 0.6) is 0 Å². The number of carbonyl (C=O) groups excluding carboxylic acids is 1.